The maximum atomic E-state index is 6.03. The van der Waals surface area contributed by atoms with Crippen LogP contribution in [0.2, 0.25) is 0 Å². The van der Waals surface area contributed by atoms with E-state index in [1.54, 1.807) is 6.20 Å². The molecule has 1 aromatic carbocycles. The molecule has 6 heteroatoms. The number of nitrogens with zero attached hydrogens (tertiary/aromatic N) is 3. The molecule has 0 radical (unpaired) electrons. The van der Waals surface area contributed by atoms with Crippen LogP contribution in [0.1, 0.15) is 57.6 Å². The molecule has 2 aromatic rings. The third-order valence-corrected chi connectivity index (χ3v) is 4.69. The first-order chi connectivity index (χ1) is 13.7. The summed E-state index contributed by atoms with van der Waals surface area (Å²) in [4.78, 5) is 11.3. The molecule has 0 unspecified atom stereocenters. The van der Waals surface area contributed by atoms with Crippen LogP contribution in [-0.2, 0) is 13.1 Å². The van der Waals surface area contributed by atoms with Crippen LogP contribution in [0.4, 0.5) is 17.5 Å². The fourth-order valence-corrected chi connectivity index (χ4v) is 3.22. The van der Waals surface area contributed by atoms with E-state index < -0.39 is 0 Å². The number of nitrogens with two attached hydrogens (primary N) is 1. The third kappa shape index (κ3) is 7.00. The Bertz CT molecular complexity index is 697. The Labute approximate surface area is 170 Å². The second kappa shape index (κ2) is 12.2. The minimum absolute atomic E-state index is 0.569. The number of benzene rings is 1. The van der Waals surface area contributed by atoms with Gasteiger partial charge in [0, 0.05) is 19.6 Å². The Balaban J connectivity index is 0.00000136. The summed E-state index contributed by atoms with van der Waals surface area (Å²) in [6.07, 6.45) is 6.54. The highest BCUT2D eigenvalue weighted by atomic mass is 15.1. The van der Waals surface area contributed by atoms with E-state index in [1.807, 2.05) is 13.8 Å². The van der Waals surface area contributed by atoms with E-state index in [2.05, 4.69) is 56.7 Å². The summed E-state index contributed by atoms with van der Waals surface area (Å²) in [6.45, 7) is 11.2. The van der Waals surface area contributed by atoms with Crippen molar-refractivity contribution in [2.45, 2.75) is 59.5 Å². The van der Waals surface area contributed by atoms with E-state index in [-0.39, 0.29) is 0 Å². The zero-order valence-electron chi connectivity index (χ0n) is 17.7. The molecule has 0 atom stereocenters. The van der Waals surface area contributed by atoms with Crippen LogP contribution < -0.4 is 16.4 Å². The average molecular weight is 385 g/mol. The fraction of sp³-hybridized carbons (Fsp3) is 0.545. The number of nitrogens with one attached hydrogen (secondary N) is 2. The van der Waals surface area contributed by atoms with E-state index in [9.17, 15) is 0 Å². The minimum Gasteiger partial charge on any atom is -0.394 e. The molecule has 6 nitrogen and oxygen atoms in total. The molecule has 1 fully saturated rings. The lowest BCUT2D eigenvalue weighted by molar-refractivity contribution is 0.331. The molecule has 1 saturated heterocycles. The predicted octanol–water partition coefficient (Wildman–Crippen LogP) is 4.50. The van der Waals surface area contributed by atoms with Crippen LogP contribution in [0.3, 0.4) is 0 Å². The first kappa shape index (κ1) is 22.0. The molecule has 154 valence electrons. The molecule has 3 rings (SSSR count). The van der Waals surface area contributed by atoms with Crippen molar-refractivity contribution in [1.29, 1.82) is 0 Å². The Morgan fingerprint density at radius 2 is 1.86 bits per heavy atom. The lowest BCUT2D eigenvalue weighted by Gasteiger charge is -2.15. The van der Waals surface area contributed by atoms with Crippen LogP contribution in [0, 0.1) is 0 Å². The lowest BCUT2D eigenvalue weighted by atomic mass is 10.1. The van der Waals surface area contributed by atoms with Crippen molar-refractivity contribution in [3.63, 3.8) is 0 Å². The van der Waals surface area contributed by atoms with Crippen LogP contribution >= 0.6 is 0 Å². The summed E-state index contributed by atoms with van der Waals surface area (Å²) in [5.74, 6) is 1.31. The maximum Gasteiger partial charge on any atom is 0.224 e. The molecule has 1 aliphatic rings. The number of hydrogen-bond donors (Lipinski definition) is 3. The molecule has 0 saturated carbocycles. The molecule has 0 spiro atoms. The highest BCUT2D eigenvalue weighted by molar-refractivity contribution is 5.61. The minimum atomic E-state index is 0.569. The molecule has 0 amide bonds. The quantitative estimate of drug-likeness (QED) is 0.552. The predicted molar refractivity (Wildman–Crippen MR) is 119 cm³/mol. The topological polar surface area (TPSA) is 79.1 Å². The van der Waals surface area contributed by atoms with Gasteiger partial charge in [0.15, 0.2) is 5.82 Å². The van der Waals surface area contributed by atoms with Gasteiger partial charge in [-0.2, -0.15) is 4.98 Å². The zero-order chi connectivity index (χ0) is 20.2. The summed E-state index contributed by atoms with van der Waals surface area (Å²) < 4.78 is 0. The summed E-state index contributed by atoms with van der Waals surface area (Å²) in [5.41, 5.74) is 9.19. The van der Waals surface area contributed by atoms with E-state index in [0.29, 0.717) is 24.0 Å². The van der Waals surface area contributed by atoms with Crippen molar-refractivity contribution >= 4 is 17.5 Å². The average Bonchev–Trinajstić information content (AvgIpc) is 3.23. The van der Waals surface area contributed by atoms with Gasteiger partial charge in [-0.25, -0.2) is 4.98 Å². The molecule has 28 heavy (non-hydrogen) atoms. The molecule has 2 heterocycles. The Morgan fingerprint density at radius 3 is 2.61 bits per heavy atom. The summed E-state index contributed by atoms with van der Waals surface area (Å²) in [7, 11) is 0. The van der Waals surface area contributed by atoms with E-state index >= 15 is 0 Å². The molecule has 1 aliphatic heterocycles. The lowest BCUT2D eigenvalue weighted by Crippen LogP contribution is -2.18. The number of rotatable bonds is 9. The number of unbranched alkanes of at least 4 members (excludes halogenated alkanes) is 1. The maximum absolute atomic E-state index is 6.03. The summed E-state index contributed by atoms with van der Waals surface area (Å²) in [6, 6.07) is 8.74. The van der Waals surface area contributed by atoms with Crippen molar-refractivity contribution in [3.8, 4) is 0 Å². The van der Waals surface area contributed by atoms with Crippen molar-refractivity contribution in [2.24, 2.45) is 0 Å². The molecular weight excluding hydrogens is 348 g/mol. The van der Waals surface area contributed by atoms with Gasteiger partial charge < -0.3 is 16.4 Å². The van der Waals surface area contributed by atoms with Crippen molar-refractivity contribution < 1.29 is 0 Å². The zero-order valence-corrected chi connectivity index (χ0v) is 17.7. The van der Waals surface area contributed by atoms with E-state index in [1.165, 1.54) is 37.1 Å². The second-order valence-corrected chi connectivity index (χ2v) is 6.93. The van der Waals surface area contributed by atoms with Gasteiger partial charge in [-0.05, 0) is 43.5 Å². The highest BCUT2D eigenvalue weighted by Crippen LogP contribution is 2.18. The molecule has 0 bridgehead atoms. The Morgan fingerprint density at radius 1 is 1.11 bits per heavy atom. The van der Waals surface area contributed by atoms with Gasteiger partial charge in [0.05, 0.1) is 11.9 Å². The monoisotopic (exact) mass is 384 g/mol. The van der Waals surface area contributed by atoms with Crippen molar-refractivity contribution in [3.05, 3.63) is 41.6 Å². The van der Waals surface area contributed by atoms with Gasteiger partial charge in [-0.1, -0.05) is 51.5 Å². The molecule has 1 aromatic heterocycles. The van der Waals surface area contributed by atoms with E-state index in [0.717, 1.165) is 25.9 Å². The van der Waals surface area contributed by atoms with Gasteiger partial charge in [0.2, 0.25) is 5.95 Å². The SMILES string of the molecule is CC.CCCCNc1ncc(N)c(NCc2cccc(CN3CCCC3)c2)n1. The highest BCUT2D eigenvalue weighted by Gasteiger charge is 2.12. The first-order valence-corrected chi connectivity index (χ1v) is 10.6. The van der Waals surface area contributed by atoms with Crippen LogP contribution in [0.5, 0.6) is 0 Å². The molecule has 4 N–H and O–H groups in total. The van der Waals surface area contributed by atoms with Gasteiger partial charge in [0.25, 0.3) is 0 Å². The van der Waals surface area contributed by atoms with Crippen molar-refractivity contribution in [1.82, 2.24) is 14.9 Å². The largest absolute Gasteiger partial charge is 0.394 e. The number of hydrogen-bond acceptors (Lipinski definition) is 6. The Kier molecular flexibility index (Phi) is 9.55. The molecular formula is C22H36N6. The Hall–Kier alpha value is -2.34. The summed E-state index contributed by atoms with van der Waals surface area (Å²) in [5, 5.41) is 6.59. The van der Waals surface area contributed by atoms with Gasteiger partial charge in [-0.15, -0.1) is 0 Å². The van der Waals surface area contributed by atoms with Crippen LogP contribution in [0.25, 0.3) is 0 Å². The smallest absolute Gasteiger partial charge is 0.224 e. The third-order valence-electron chi connectivity index (χ3n) is 4.69. The summed E-state index contributed by atoms with van der Waals surface area (Å²) >= 11 is 0. The number of aromatic nitrogens is 2. The van der Waals surface area contributed by atoms with Gasteiger partial charge in [-0.3, -0.25) is 4.90 Å². The fourth-order valence-electron chi connectivity index (χ4n) is 3.22. The van der Waals surface area contributed by atoms with Gasteiger partial charge in [0.1, 0.15) is 0 Å². The number of anilines is 3. The molecule has 0 aliphatic carbocycles. The first-order valence-electron chi connectivity index (χ1n) is 10.6. The number of likely N-dealkylation sites (tertiary alicyclic amines) is 1. The second-order valence-electron chi connectivity index (χ2n) is 6.93. The van der Waals surface area contributed by atoms with Crippen LogP contribution in [0.15, 0.2) is 30.5 Å². The van der Waals surface area contributed by atoms with Crippen LogP contribution in [-0.4, -0.2) is 34.5 Å². The van der Waals surface area contributed by atoms with Crippen molar-refractivity contribution in [2.75, 3.05) is 36.0 Å². The normalized spacial score (nSPS) is 13.7. The number of nitrogen functional groups attached to an aromatic ring is 1. The van der Waals surface area contributed by atoms with Gasteiger partial charge >= 0.3 is 0 Å². The van der Waals surface area contributed by atoms with E-state index in [4.69, 9.17) is 5.73 Å². The standard InChI is InChI=1S/C20H30N6.C2H6/c1-2-3-9-22-20-24-14-18(21)19(25-20)23-13-16-7-6-8-17(12-16)15-26-10-4-5-11-26;1-2/h6-8,12,14H,2-5,9-11,13,15,21H2,1H3,(H2,22,23,24,25);1-2H3.